The highest BCUT2D eigenvalue weighted by Gasteiger charge is 2.21. The fourth-order valence-electron chi connectivity index (χ4n) is 2.72. The highest BCUT2D eigenvalue weighted by molar-refractivity contribution is 9.10. The number of hydrogen-bond acceptors (Lipinski definition) is 2. The zero-order valence-corrected chi connectivity index (χ0v) is 13.1. The van der Waals surface area contributed by atoms with Gasteiger partial charge in [-0.2, -0.15) is 0 Å². The molecule has 1 aliphatic heterocycles. The van der Waals surface area contributed by atoms with Gasteiger partial charge < -0.3 is 15.0 Å². The molecule has 3 nitrogen and oxygen atoms in total. The lowest BCUT2D eigenvalue weighted by atomic mass is 9.96. The summed E-state index contributed by atoms with van der Waals surface area (Å²) in [6.45, 7) is 2.14. The van der Waals surface area contributed by atoms with E-state index in [1.807, 2.05) is 12.1 Å². The number of benzene rings is 1. The second kappa shape index (κ2) is 5.35. The molecule has 1 unspecified atom stereocenters. The maximum atomic E-state index is 6.18. The summed E-state index contributed by atoms with van der Waals surface area (Å²) in [7, 11) is 1.64. The summed E-state index contributed by atoms with van der Waals surface area (Å²) in [6.07, 6.45) is 2.43. The maximum absolute atomic E-state index is 6.18. The van der Waals surface area contributed by atoms with E-state index in [9.17, 15) is 0 Å². The van der Waals surface area contributed by atoms with Crippen molar-refractivity contribution in [3.05, 3.63) is 27.3 Å². The van der Waals surface area contributed by atoms with Crippen LogP contribution in [-0.2, 0) is 0 Å². The van der Waals surface area contributed by atoms with Crippen molar-refractivity contribution in [1.29, 1.82) is 0 Å². The van der Waals surface area contributed by atoms with Crippen LogP contribution in [0.15, 0.2) is 16.6 Å². The van der Waals surface area contributed by atoms with E-state index >= 15 is 0 Å². The molecule has 2 heterocycles. The van der Waals surface area contributed by atoms with Crippen LogP contribution in [0, 0.1) is 0 Å². The van der Waals surface area contributed by atoms with E-state index in [0.29, 0.717) is 16.7 Å². The molecule has 2 aromatic rings. The Balaban J connectivity index is 2.08. The summed E-state index contributed by atoms with van der Waals surface area (Å²) in [5.41, 5.74) is 2.31. The Bertz CT molecular complexity index is 605. The van der Waals surface area contributed by atoms with Crippen LogP contribution in [0.5, 0.6) is 5.75 Å². The van der Waals surface area contributed by atoms with Gasteiger partial charge in [-0.1, -0.05) is 11.6 Å². The fourth-order valence-corrected chi connectivity index (χ4v) is 3.71. The number of piperidine rings is 1. The normalized spacial score (nSPS) is 19.8. The number of halogens is 2. The number of hydrogen-bond donors (Lipinski definition) is 2. The Labute approximate surface area is 125 Å². The Hall–Kier alpha value is -0.710. The van der Waals surface area contributed by atoms with E-state index in [2.05, 4.69) is 26.2 Å². The Kier molecular flexibility index (Phi) is 3.74. The SMILES string of the molecule is COc1cc2c(Br)c(C3CCCNC3)[nH]c2cc1Cl. The molecule has 19 heavy (non-hydrogen) atoms. The molecular formula is C14H16BrClN2O. The van der Waals surface area contributed by atoms with E-state index in [1.54, 1.807) is 7.11 Å². The smallest absolute Gasteiger partial charge is 0.138 e. The highest BCUT2D eigenvalue weighted by Crippen LogP contribution is 2.39. The van der Waals surface area contributed by atoms with E-state index in [-0.39, 0.29) is 0 Å². The number of methoxy groups -OCH3 is 1. The molecule has 1 aromatic heterocycles. The third-order valence-corrected chi connectivity index (χ3v) is 4.89. The standard InChI is InChI=1S/C14H16BrClN2O/c1-19-12-5-9-11(6-10(12)16)18-14(13(9)15)8-3-2-4-17-7-8/h5-6,8,17-18H,2-4,7H2,1H3. The van der Waals surface area contributed by atoms with Crippen molar-refractivity contribution < 1.29 is 4.74 Å². The second-order valence-electron chi connectivity index (χ2n) is 4.93. The van der Waals surface area contributed by atoms with Gasteiger partial charge in [0.15, 0.2) is 0 Å². The average molecular weight is 344 g/mol. The number of aromatic amines is 1. The van der Waals surface area contributed by atoms with Crippen molar-refractivity contribution in [1.82, 2.24) is 10.3 Å². The Morgan fingerprint density at radius 1 is 1.42 bits per heavy atom. The van der Waals surface area contributed by atoms with E-state index in [1.165, 1.54) is 18.5 Å². The van der Waals surface area contributed by atoms with Crippen LogP contribution in [-0.4, -0.2) is 25.2 Å². The van der Waals surface area contributed by atoms with E-state index in [0.717, 1.165) is 28.5 Å². The molecule has 0 spiro atoms. The number of rotatable bonds is 2. The van der Waals surface area contributed by atoms with Crippen molar-refractivity contribution in [3.63, 3.8) is 0 Å². The molecule has 0 aliphatic carbocycles. The summed E-state index contributed by atoms with van der Waals surface area (Å²) in [6, 6.07) is 3.91. The zero-order chi connectivity index (χ0) is 13.4. The molecule has 1 fully saturated rings. The monoisotopic (exact) mass is 342 g/mol. The third-order valence-electron chi connectivity index (χ3n) is 3.74. The van der Waals surface area contributed by atoms with Gasteiger partial charge in [0.1, 0.15) is 5.75 Å². The van der Waals surface area contributed by atoms with Crippen LogP contribution in [0.4, 0.5) is 0 Å². The average Bonchev–Trinajstić information content (AvgIpc) is 2.75. The minimum Gasteiger partial charge on any atom is -0.495 e. The highest BCUT2D eigenvalue weighted by atomic mass is 79.9. The van der Waals surface area contributed by atoms with Crippen LogP contribution in [0.25, 0.3) is 10.9 Å². The number of nitrogens with one attached hydrogen (secondary N) is 2. The van der Waals surface area contributed by atoms with Gasteiger partial charge in [0.2, 0.25) is 0 Å². The van der Waals surface area contributed by atoms with Crippen molar-refractivity contribution in [2.24, 2.45) is 0 Å². The molecule has 0 amide bonds. The first-order chi connectivity index (χ1) is 9.20. The second-order valence-corrected chi connectivity index (χ2v) is 6.13. The maximum Gasteiger partial charge on any atom is 0.138 e. The van der Waals surface area contributed by atoms with Gasteiger partial charge in [0, 0.05) is 33.5 Å². The van der Waals surface area contributed by atoms with Crippen LogP contribution >= 0.6 is 27.5 Å². The summed E-state index contributed by atoms with van der Waals surface area (Å²) in [5, 5.41) is 5.21. The number of fused-ring (bicyclic) bond motifs is 1. The third kappa shape index (κ3) is 2.37. The van der Waals surface area contributed by atoms with Crippen LogP contribution in [0.3, 0.4) is 0 Å². The summed E-state index contributed by atoms with van der Waals surface area (Å²) >= 11 is 9.90. The van der Waals surface area contributed by atoms with Gasteiger partial charge in [-0.15, -0.1) is 0 Å². The number of H-pyrrole nitrogens is 1. The van der Waals surface area contributed by atoms with Crippen LogP contribution in [0.1, 0.15) is 24.5 Å². The molecule has 2 N–H and O–H groups in total. The lowest BCUT2D eigenvalue weighted by Gasteiger charge is -2.22. The number of aromatic nitrogens is 1. The molecule has 0 bridgehead atoms. The van der Waals surface area contributed by atoms with Crippen molar-refractivity contribution >= 4 is 38.4 Å². The molecule has 102 valence electrons. The molecule has 0 radical (unpaired) electrons. The first-order valence-electron chi connectivity index (χ1n) is 6.46. The minimum absolute atomic E-state index is 0.528. The topological polar surface area (TPSA) is 37.0 Å². The lowest BCUT2D eigenvalue weighted by molar-refractivity contribution is 0.415. The molecule has 1 saturated heterocycles. The quantitative estimate of drug-likeness (QED) is 0.863. The van der Waals surface area contributed by atoms with Gasteiger partial charge in [0.05, 0.1) is 12.1 Å². The van der Waals surface area contributed by atoms with Gasteiger partial charge in [0.25, 0.3) is 0 Å². The fraction of sp³-hybridized carbons (Fsp3) is 0.429. The van der Waals surface area contributed by atoms with E-state index in [4.69, 9.17) is 16.3 Å². The lowest BCUT2D eigenvalue weighted by Crippen LogP contribution is -2.28. The van der Waals surface area contributed by atoms with Crippen molar-refractivity contribution in [3.8, 4) is 5.75 Å². The Morgan fingerprint density at radius 2 is 2.26 bits per heavy atom. The van der Waals surface area contributed by atoms with Crippen LogP contribution in [0.2, 0.25) is 5.02 Å². The molecule has 5 heteroatoms. The summed E-state index contributed by atoms with van der Waals surface area (Å²) < 4.78 is 6.41. The number of ether oxygens (including phenoxy) is 1. The van der Waals surface area contributed by atoms with Gasteiger partial charge in [-0.3, -0.25) is 0 Å². The largest absolute Gasteiger partial charge is 0.495 e. The van der Waals surface area contributed by atoms with Crippen molar-refractivity contribution in [2.45, 2.75) is 18.8 Å². The molecular weight excluding hydrogens is 328 g/mol. The molecule has 0 saturated carbocycles. The van der Waals surface area contributed by atoms with Crippen LogP contribution < -0.4 is 10.1 Å². The molecule has 1 aromatic carbocycles. The molecule has 3 rings (SSSR count). The predicted octanol–water partition coefficient (Wildman–Crippen LogP) is 4.06. The minimum atomic E-state index is 0.528. The van der Waals surface area contributed by atoms with Crippen molar-refractivity contribution in [2.75, 3.05) is 20.2 Å². The Morgan fingerprint density at radius 3 is 2.95 bits per heavy atom. The first-order valence-corrected chi connectivity index (χ1v) is 7.63. The summed E-state index contributed by atoms with van der Waals surface area (Å²) in [5.74, 6) is 1.24. The first kappa shape index (κ1) is 13.3. The van der Waals surface area contributed by atoms with Gasteiger partial charge in [-0.25, -0.2) is 0 Å². The van der Waals surface area contributed by atoms with Gasteiger partial charge in [-0.05, 0) is 47.4 Å². The summed E-state index contributed by atoms with van der Waals surface area (Å²) in [4.78, 5) is 3.50. The van der Waals surface area contributed by atoms with Gasteiger partial charge >= 0.3 is 0 Å². The predicted molar refractivity (Wildman–Crippen MR) is 82.4 cm³/mol. The zero-order valence-electron chi connectivity index (χ0n) is 10.7. The molecule has 1 aliphatic rings. The van der Waals surface area contributed by atoms with E-state index < -0.39 is 0 Å². The molecule has 1 atom stereocenters.